The van der Waals surface area contributed by atoms with Crippen LogP contribution in [-0.4, -0.2) is 24.0 Å². The van der Waals surface area contributed by atoms with Gasteiger partial charge < -0.3 is 10.6 Å². The Labute approximate surface area is 99.5 Å². The Bertz CT molecular complexity index is 333. The molecular weight excluding hydrogens is 222 g/mol. The van der Waals surface area contributed by atoms with E-state index in [1.54, 1.807) is 17.5 Å². The number of thiazole rings is 1. The van der Waals surface area contributed by atoms with Gasteiger partial charge in [-0.3, -0.25) is 4.79 Å². The van der Waals surface area contributed by atoms with Crippen molar-refractivity contribution in [2.75, 3.05) is 13.1 Å². The molecule has 2 N–H and O–H groups in total. The van der Waals surface area contributed by atoms with E-state index in [4.69, 9.17) is 0 Å². The number of carbonyl (C=O) groups is 1. The highest BCUT2D eigenvalue weighted by molar-refractivity contribution is 7.09. The predicted molar refractivity (Wildman–Crippen MR) is 64.3 cm³/mol. The van der Waals surface area contributed by atoms with Gasteiger partial charge >= 0.3 is 0 Å². The summed E-state index contributed by atoms with van der Waals surface area (Å²) < 4.78 is 0. The lowest BCUT2D eigenvalue weighted by molar-refractivity contribution is -0.126. The topological polar surface area (TPSA) is 54.0 Å². The van der Waals surface area contributed by atoms with Crippen LogP contribution < -0.4 is 10.6 Å². The zero-order valence-corrected chi connectivity index (χ0v) is 10.2. The molecule has 1 aromatic heterocycles. The van der Waals surface area contributed by atoms with Crippen LogP contribution in [0.25, 0.3) is 0 Å². The predicted octanol–water partition coefficient (Wildman–Crippen LogP) is 1.32. The number of aromatic nitrogens is 1. The molecule has 0 bridgehead atoms. The molecule has 1 unspecified atom stereocenters. The zero-order valence-electron chi connectivity index (χ0n) is 9.40. The number of amides is 1. The highest BCUT2D eigenvalue weighted by Crippen LogP contribution is 2.17. The average molecular weight is 239 g/mol. The summed E-state index contributed by atoms with van der Waals surface area (Å²) >= 11 is 1.58. The number of nitrogens with one attached hydrogen (secondary N) is 2. The fourth-order valence-corrected chi connectivity index (χ4v) is 2.56. The minimum atomic E-state index is 0.0226. The molecule has 2 rings (SSSR count). The van der Waals surface area contributed by atoms with Gasteiger partial charge in [-0.1, -0.05) is 0 Å². The third-order valence-electron chi connectivity index (χ3n) is 2.85. The summed E-state index contributed by atoms with van der Waals surface area (Å²) in [5.74, 6) is 0.270. The summed E-state index contributed by atoms with van der Waals surface area (Å²) in [4.78, 5) is 16.1. The Kier molecular flexibility index (Phi) is 3.90. The second-order valence-corrected chi connectivity index (χ2v) is 5.07. The van der Waals surface area contributed by atoms with Gasteiger partial charge in [0.1, 0.15) is 5.01 Å². The van der Waals surface area contributed by atoms with Crippen LogP contribution >= 0.6 is 11.3 Å². The Hall–Kier alpha value is -0.940. The van der Waals surface area contributed by atoms with Gasteiger partial charge in [0.2, 0.25) is 5.91 Å². The van der Waals surface area contributed by atoms with Crippen molar-refractivity contribution in [2.24, 2.45) is 5.92 Å². The first-order valence-corrected chi connectivity index (χ1v) is 6.56. The van der Waals surface area contributed by atoms with Gasteiger partial charge in [-0.05, 0) is 26.3 Å². The minimum Gasteiger partial charge on any atom is -0.347 e. The van der Waals surface area contributed by atoms with E-state index in [2.05, 4.69) is 15.6 Å². The first-order chi connectivity index (χ1) is 7.77. The first kappa shape index (κ1) is 11.5. The van der Waals surface area contributed by atoms with Crippen molar-refractivity contribution in [3.63, 3.8) is 0 Å². The molecule has 16 heavy (non-hydrogen) atoms. The summed E-state index contributed by atoms with van der Waals surface area (Å²) in [7, 11) is 0. The van der Waals surface area contributed by atoms with Gasteiger partial charge in [-0.25, -0.2) is 4.98 Å². The fraction of sp³-hybridized carbons (Fsp3) is 0.636. The maximum absolute atomic E-state index is 11.9. The van der Waals surface area contributed by atoms with Crippen LogP contribution in [0.2, 0.25) is 0 Å². The molecule has 2 atom stereocenters. The monoisotopic (exact) mass is 239 g/mol. The van der Waals surface area contributed by atoms with E-state index >= 15 is 0 Å². The number of hydrogen-bond donors (Lipinski definition) is 2. The van der Waals surface area contributed by atoms with Gasteiger partial charge in [0, 0.05) is 18.1 Å². The van der Waals surface area contributed by atoms with Gasteiger partial charge in [-0.15, -0.1) is 11.3 Å². The van der Waals surface area contributed by atoms with E-state index in [0.717, 1.165) is 30.9 Å². The Morgan fingerprint density at radius 3 is 3.25 bits per heavy atom. The van der Waals surface area contributed by atoms with Gasteiger partial charge in [0.15, 0.2) is 0 Å². The molecule has 0 aliphatic carbocycles. The highest BCUT2D eigenvalue weighted by Gasteiger charge is 2.22. The zero-order chi connectivity index (χ0) is 11.4. The van der Waals surface area contributed by atoms with Crippen LogP contribution in [-0.2, 0) is 4.79 Å². The second-order valence-electron chi connectivity index (χ2n) is 4.14. The standard InChI is InChI=1S/C11H17N3OS/c1-8(11-13-5-6-16-11)14-10(15)9-3-2-4-12-7-9/h5-6,8-9,12H,2-4,7H2,1H3,(H,14,15)/t8?,9-/m1/s1. The molecule has 1 saturated heterocycles. The van der Waals surface area contributed by atoms with E-state index in [1.807, 2.05) is 12.3 Å². The number of hydrogen-bond acceptors (Lipinski definition) is 4. The van der Waals surface area contributed by atoms with Crippen LogP contribution in [0.3, 0.4) is 0 Å². The lowest BCUT2D eigenvalue weighted by Gasteiger charge is -2.23. The van der Waals surface area contributed by atoms with Crippen molar-refractivity contribution in [3.8, 4) is 0 Å². The molecule has 1 aliphatic heterocycles. The van der Waals surface area contributed by atoms with E-state index < -0.39 is 0 Å². The van der Waals surface area contributed by atoms with E-state index in [1.165, 1.54) is 0 Å². The van der Waals surface area contributed by atoms with Gasteiger partial charge in [-0.2, -0.15) is 0 Å². The molecular formula is C11H17N3OS. The molecule has 0 saturated carbocycles. The lowest BCUT2D eigenvalue weighted by Crippen LogP contribution is -2.41. The van der Waals surface area contributed by atoms with Crippen molar-refractivity contribution < 1.29 is 4.79 Å². The summed E-state index contributed by atoms with van der Waals surface area (Å²) in [5.41, 5.74) is 0. The number of piperidine rings is 1. The van der Waals surface area contributed by atoms with Crippen LogP contribution in [0.15, 0.2) is 11.6 Å². The van der Waals surface area contributed by atoms with E-state index in [0.29, 0.717) is 0 Å². The smallest absolute Gasteiger partial charge is 0.224 e. The Balaban J connectivity index is 1.86. The van der Waals surface area contributed by atoms with Crippen LogP contribution in [0.1, 0.15) is 30.8 Å². The summed E-state index contributed by atoms with van der Waals surface area (Å²) in [6.45, 7) is 3.81. The van der Waals surface area contributed by atoms with Gasteiger partial charge in [0.25, 0.3) is 0 Å². The number of rotatable bonds is 3. The molecule has 0 radical (unpaired) electrons. The first-order valence-electron chi connectivity index (χ1n) is 5.68. The van der Waals surface area contributed by atoms with E-state index in [-0.39, 0.29) is 17.9 Å². The molecule has 0 spiro atoms. The summed E-state index contributed by atoms with van der Waals surface area (Å²) in [6, 6.07) is 0.0226. The van der Waals surface area contributed by atoms with Crippen LogP contribution in [0.4, 0.5) is 0 Å². The number of carbonyl (C=O) groups excluding carboxylic acids is 1. The highest BCUT2D eigenvalue weighted by atomic mass is 32.1. The summed E-state index contributed by atoms with van der Waals surface area (Å²) in [6.07, 6.45) is 3.85. The van der Waals surface area contributed by atoms with Crippen molar-refractivity contribution in [1.82, 2.24) is 15.6 Å². The summed E-state index contributed by atoms with van der Waals surface area (Å²) in [5, 5.41) is 9.17. The molecule has 1 fully saturated rings. The minimum absolute atomic E-state index is 0.0226. The van der Waals surface area contributed by atoms with Crippen molar-refractivity contribution in [1.29, 1.82) is 0 Å². The SMILES string of the molecule is CC(NC(=O)[C@@H]1CCCNC1)c1nccs1. The molecule has 0 aromatic carbocycles. The molecule has 1 aromatic rings. The molecule has 4 nitrogen and oxygen atoms in total. The Morgan fingerprint density at radius 1 is 1.75 bits per heavy atom. The molecule has 88 valence electrons. The third kappa shape index (κ3) is 2.80. The maximum Gasteiger partial charge on any atom is 0.224 e. The normalized spacial score (nSPS) is 22.7. The third-order valence-corrected chi connectivity index (χ3v) is 3.81. The average Bonchev–Trinajstić information content (AvgIpc) is 2.83. The van der Waals surface area contributed by atoms with Crippen LogP contribution in [0, 0.1) is 5.92 Å². The molecule has 5 heteroatoms. The van der Waals surface area contributed by atoms with Crippen LogP contribution in [0.5, 0.6) is 0 Å². The van der Waals surface area contributed by atoms with Crippen molar-refractivity contribution in [2.45, 2.75) is 25.8 Å². The molecule has 2 heterocycles. The quantitative estimate of drug-likeness (QED) is 0.836. The largest absolute Gasteiger partial charge is 0.347 e. The van der Waals surface area contributed by atoms with E-state index in [9.17, 15) is 4.79 Å². The fourth-order valence-electron chi connectivity index (χ4n) is 1.92. The molecule has 1 aliphatic rings. The lowest BCUT2D eigenvalue weighted by atomic mass is 9.98. The van der Waals surface area contributed by atoms with Crippen molar-refractivity contribution >= 4 is 17.2 Å². The number of nitrogens with zero attached hydrogens (tertiary/aromatic N) is 1. The maximum atomic E-state index is 11.9. The Morgan fingerprint density at radius 2 is 2.62 bits per heavy atom. The van der Waals surface area contributed by atoms with Crippen molar-refractivity contribution in [3.05, 3.63) is 16.6 Å². The second kappa shape index (κ2) is 5.41. The van der Waals surface area contributed by atoms with Gasteiger partial charge in [0.05, 0.1) is 12.0 Å². The molecule has 1 amide bonds.